The minimum absolute atomic E-state index is 0.0197. The molecule has 0 spiro atoms. The van der Waals surface area contributed by atoms with Crippen LogP contribution in [0.2, 0.25) is 0 Å². The summed E-state index contributed by atoms with van der Waals surface area (Å²) < 4.78 is 40.5. The third kappa shape index (κ3) is 35.4. The molecule has 2 rings (SSSR count). The minimum Gasteiger partial charge on any atom is -0.465 e. The van der Waals surface area contributed by atoms with Crippen LogP contribution in [0.3, 0.4) is 0 Å². The maximum absolute atomic E-state index is 13.1. The van der Waals surface area contributed by atoms with Gasteiger partial charge in [-0.15, -0.1) is 0 Å². The van der Waals surface area contributed by atoms with Crippen molar-refractivity contribution in [2.45, 2.75) is 241 Å². The molecule has 2 unspecified atom stereocenters. The van der Waals surface area contributed by atoms with Gasteiger partial charge in [0.25, 0.3) is 0 Å². The third-order valence-electron chi connectivity index (χ3n) is 13.2. The molecule has 0 bridgehead atoms. The van der Waals surface area contributed by atoms with E-state index in [1.807, 2.05) is 18.2 Å². The van der Waals surface area contributed by atoms with Gasteiger partial charge in [-0.3, -0.25) is 14.4 Å². The highest BCUT2D eigenvalue weighted by Crippen LogP contribution is 2.22. The number of carbonyl (C=O) groups is 4. The quantitative estimate of drug-likeness (QED) is 0.0202. The number of piperidine rings is 1. The summed E-state index contributed by atoms with van der Waals surface area (Å²) in [4.78, 5) is 53.9. The fourth-order valence-corrected chi connectivity index (χ4v) is 8.89. The summed E-state index contributed by atoms with van der Waals surface area (Å²) >= 11 is 0. The lowest BCUT2D eigenvalue weighted by atomic mass is 9.95. The number of nitrogens with zero attached hydrogens (tertiary/aromatic N) is 1. The Morgan fingerprint density at radius 2 is 1.07 bits per heavy atom. The van der Waals surface area contributed by atoms with Crippen LogP contribution in [0.1, 0.15) is 231 Å². The minimum atomic E-state index is -0.742. The van der Waals surface area contributed by atoms with E-state index in [0.29, 0.717) is 68.3 Å². The lowest BCUT2D eigenvalue weighted by Gasteiger charge is -2.31. The van der Waals surface area contributed by atoms with Crippen molar-refractivity contribution in [3.05, 3.63) is 59.2 Å². The standard InChI is InChI=1S/C60H101NO11/c1-6-11-15-19-22-26-33-51(32-25-18-14-9-4)46-68-56(62)35-27-28-36-57(63)69-48-53-42-54(44-55(43-53)50-72-60(65)71-47-52-34-31-39-61(10-5)45-52)49-70-58(64)37-38-59(66-40-29-23-20-16-12-7-2)67-41-30-24-21-17-13-8-3/h12-13,16-17,42-44,51-52,59H,6-11,14-15,18-41,45-50H2,1-5H3/b16-12-,17-13-. The average molecular weight is 1010 g/mol. The maximum atomic E-state index is 13.1. The summed E-state index contributed by atoms with van der Waals surface area (Å²) in [5.74, 6) is -0.291. The van der Waals surface area contributed by atoms with Crippen LogP contribution in [0.5, 0.6) is 0 Å². The predicted octanol–water partition coefficient (Wildman–Crippen LogP) is 15.0. The predicted molar refractivity (Wildman–Crippen MR) is 288 cm³/mol. The van der Waals surface area contributed by atoms with Gasteiger partial charge in [0.1, 0.15) is 19.8 Å². The fraction of sp³-hybridized carbons (Fsp3) is 0.767. The van der Waals surface area contributed by atoms with Crippen molar-refractivity contribution < 1.29 is 52.3 Å². The number of unbranched alkanes of at least 4 members (excludes halogenated alkanes) is 13. The van der Waals surface area contributed by atoms with Crippen LogP contribution in [0.4, 0.5) is 4.79 Å². The van der Waals surface area contributed by atoms with Crippen molar-refractivity contribution in [3.63, 3.8) is 0 Å². The molecule has 0 radical (unpaired) electrons. The van der Waals surface area contributed by atoms with Gasteiger partial charge < -0.3 is 38.1 Å². The third-order valence-corrected chi connectivity index (χ3v) is 13.2. The molecule has 0 aliphatic carbocycles. The first-order valence-electron chi connectivity index (χ1n) is 28.8. The van der Waals surface area contributed by atoms with Crippen molar-refractivity contribution >= 4 is 24.1 Å². The maximum Gasteiger partial charge on any atom is 0.508 e. The fourth-order valence-electron chi connectivity index (χ4n) is 8.89. The Morgan fingerprint density at radius 3 is 1.62 bits per heavy atom. The van der Waals surface area contributed by atoms with Crippen LogP contribution in [0, 0.1) is 11.8 Å². The highest BCUT2D eigenvalue weighted by Gasteiger charge is 2.21. The zero-order valence-corrected chi connectivity index (χ0v) is 46.1. The largest absolute Gasteiger partial charge is 0.508 e. The van der Waals surface area contributed by atoms with E-state index in [1.54, 1.807) is 0 Å². The first-order chi connectivity index (χ1) is 35.2. The van der Waals surface area contributed by atoms with Gasteiger partial charge in [0.15, 0.2) is 6.29 Å². The molecule has 1 aromatic carbocycles. The van der Waals surface area contributed by atoms with Crippen LogP contribution in [-0.4, -0.2) is 81.3 Å². The van der Waals surface area contributed by atoms with E-state index in [1.165, 1.54) is 64.2 Å². The molecule has 0 aromatic heterocycles. The molecule has 1 aliphatic heterocycles. The zero-order chi connectivity index (χ0) is 52.1. The molecule has 412 valence electrons. The topological polar surface area (TPSA) is 136 Å². The Morgan fingerprint density at radius 1 is 0.556 bits per heavy atom. The molecule has 1 heterocycles. The number of hydrogen-bond donors (Lipinski definition) is 0. The van der Waals surface area contributed by atoms with E-state index in [4.69, 9.17) is 33.2 Å². The van der Waals surface area contributed by atoms with E-state index >= 15 is 0 Å². The van der Waals surface area contributed by atoms with Gasteiger partial charge in [-0.05, 0) is 144 Å². The normalized spacial score (nSPS) is 14.6. The monoisotopic (exact) mass is 1010 g/mol. The molecule has 1 saturated heterocycles. The molecule has 1 fully saturated rings. The van der Waals surface area contributed by atoms with Gasteiger partial charge in [0.05, 0.1) is 19.6 Å². The highest BCUT2D eigenvalue weighted by molar-refractivity contribution is 5.71. The van der Waals surface area contributed by atoms with Gasteiger partial charge in [0.2, 0.25) is 0 Å². The molecule has 0 saturated carbocycles. The number of likely N-dealkylation sites (tertiary alicyclic amines) is 1. The molecule has 2 atom stereocenters. The number of hydrogen-bond acceptors (Lipinski definition) is 12. The van der Waals surface area contributed by atoms with Gasteiger partial charge in [-0.2, -0.15) is 0 Å². The average Bonchev–Trinajstić information content (AvgIpc) is 3.39. The summed E-state index contributed by atoms with van der Waals surface area (Å²) in [5, 5.41) is 0. The highest BCUT2D eigenvalue weighted by atomic mass is 16.7. The van der Waals surface area contributed by atoms with Gasteiger partial charge >= 0.3 is 24.1 Å². The summed E-state index contributed by atoms with van der Waals surface area (Å²) in [5.41, 5.74) is 1.97. The Hall–Kier alpha value is -3.74. The van der Waals surface area contributed by atoms with Crippen LogP contribution in [0.25, 0.3) is 0 Å². The molecule has 1 aromatic rings. The van der Waals surface area contributed by atoms with Gasteiger partial charge in [0, 0.05) is 44.9 Å². The summed E-state index contributed by atoms with van der Waals surface area (Å²) in [6, 6.07) is 5.45. The van der Waals surface area contributed by atoms with E-state index < -0.39 is 12.4 Å². The molecular weight excluding hydrogens is 911 g/mol. The molecule has 12 heteroatoms. The molecular formula is C60H101NO11. The van der Waals surface area contributed by atoms with Crippen molar-refractivity contribution in [1.82, 2.24) is 4.90 Å². The van der Waals surface area contributed by atoms with Gasteiger partial charge in [-0.1, -0.05) is 123 Å². The van der Waals surface area contributed by atoms with Crippen LogP contribution < -0.4 is 0 Å². The molecule has 72 heavy (non-hydrogen) atoms. The molecule has 0 amide bonds. The second-order valence-electron chi connectivity index (χ2n) is 19.9. The number of ether oxygens (including phenoxy) is 7. The van der Waals surface area contributed by atoms with Crippen LogP contribution in [0.15, 0.2) is 42.5 Å². The number of rotatable bonds is 45. The SMILES string of the molecule is CC/C=C\CCCCOC(CCC(=O)OCc1cc(COC(=O)CCCCC(=O)OCC(CCCCCC)CCCCCCCC)cc(COC(=O)OCC2CCCN(CC)C2)c1)OCCCC/C=C\CC. The number of esters is 3. The van der Waals surface area contributed by atoms with E-state index in [-0.39, 0.29) is 62.9 Å². The molecule has 0 N–H and O–H groups in total. The Kier molecular flexibility index (Phi) is 40.0. The molecule has 1 aliphatic rings. The summed E-state index contributed by atoms with van der Waals surface area (Å²) in [6.07, 6.45) is 34.1. The Balaban J connectivity index is 1.96. The Bertz CT molecular complexity index is 1570. The smallest absolute Gasteiger partial charge is 0.465 e. The van der Waals surface area contributed by atoms with Crippen molar-refractivity contribution in [2.75, 3.05) is 46.1 Å². The lowest BCUT2D eigenvalue weighted by Crippen LogP contribution is -2.37. The number of allylic oxidation sites excluding steroid dienone is 4. The van der Waals surface area contributed by atoms with E-state index in [0.717, 1.165) is 96.7 Å². The van der Waals surface area contributed by atoms with Crippen molar-refractivity contribution in [3.8, 4) is 0 Å². The summed E-state index contributed by atoms with van der Waals surface area (Å²) in [6.45, 7) is 15.6. The first kappa shape index (κ1) is 64.4. The number of carbonyl (C=O) groups excluding carboxylic acids is 4. The first-order valence-corrected chi connectivity index (χ1v) is 28.8. The van der Waals surface area contributed by atoms with Crippen molar-refractivity contribution in [1.29, 1.82) is 0 Å². The summed E-state index contributed by atoms with van der Waals surface area (Å²) in [7, 11) is 0. The van der Waals surface area contributed by atoms with Crippen molar-refractivity contribution in [2.24, 2.45) is 11.8 Å². The van der Waals surface area contributed by atoms with E-state index in [9.17, 15) is 19.2 Å². The number of benzene rings is 1. The second-order valence-corrected chi connectivity index (χ2v) is 19.9. The van der Waals surface area contributed by atoms with Gasteiger partial charge in [-0.25, -0.2) is 4.79 Å². The lowest BCUT2D eigenvalue weighted by molar-refractivity contribution is -0.160. The van der Waals surface area contributed by atoms with Crippen LogP contribution >= 0.6 is 0 Å². The molecule has 12 nitrogen and oxygen atoms in total. The second kappa shape index (κ2) is 44.7. The Labute approximate surface area is 437 Å². The zero-order valence-electron chi connectivity index (χ0n) is 46.1. The van der Waals surface area contributed by atoms with Crippen LogP contribution in [-0.2, 0) is 67.4 Å². The van der Waals surface area contributed by atoms with E-state index in [2.05, 4.69) is 63.8 Å².